The van der Waals surface area contributed by atoms with Crippen molar-refractivity contribution >= 4 is 15.9 Å². The highest BCUT2D eigenvalue weighted by Gasteiger charge is 2.14. The average molecular weight is 319 g/mol. The third-order valence-corrected chi connectivity index (χ3v) is 3.82. The number of aromatic nitrogens is 1. The van der Waals surface area contributed by atoms with Crippen LogP contribution in [-0.4, -0.2) is 12.0 Å². The van der Waals surface area contributed by atoms with Crippen molar-refractivity contribution in [2.45, 2.75) is 26.3 Å². The summed E-state index contributed by atoms with van der Waals surface area (Å²) in [5, 5.41) is 3.37. The molecule has 2 aromatic rings. The third kappa shape index (κ3) is 3.64. The molecule has 0 aliphatic carbocycles. The molecule has 1 N–H and O–H groups in total. The molecule has 19 heavy (non-hydrogen) atoms. The van der Waals surface area contributed by atoms with Gasteiger partial charge in [0.2, 0.25) is 0 Å². The lowest BCUT2D eigenvalue weighted by atomic mass is 9.99. The number of rotatable bonds is 4. The first kappa shape index (κ1) is 14.2. The van der Waals surface area contributed by atoms with Gasteiger partial charge < -0.3 is 5.32 Å². The summed E-state index contributed by atoms with van der Waals surface area (Å²) in [5.41, 5.74) is 4.90. The van der Waals surface area contributed by atoms with Gasteiger partial charge >= 0.3 is 0 Å². The second-order valence-corrected chi connectivity index (χ2v) is 5.80. The van der Waals surface area contributed by atoms with Crippen LogP contribution in [0.3, 0.4) is 0 Å². The lowest BCUT2D eigenvalue weighted by molar-refractivity contribution is 0.572. The smallest absolute Gasteiger partial charge is 0.0605 e. The maximum absolute atomic E-state index is 4.59. The molecular formula is C16H19BrN2. The van der Waals surface area contributed by atoms with E-state index >= 15 is 0 Å². The fraction of sp³-hybridized carbons (Fsp3) is 0.312. The number of benzene rings is 1. The van der Waals surface area contributed by atoms with Crippen molar-refractivity contribution in [2.24, 2.45) is 0 Å². The van der Waals surface area contributed by atoms with E-state index in [-0.39, 0.29) is 6.04 Å². The van der Waals surface area contributed by atoms with Crippen LogP contribution in [0, 0.1) is 13.8 Å². The van der Waals surface area contributed by atoms with Gasteiger partial charge in [-0.15, -0.1) is 0 Å². The Morgan fingerprint density at radius 3 is 2.47 bits per heavy atom. The van der Waals surface area contributed by atoms with Crippen molar-refractivity contribution in [3.63, 3.8) is 0 Å². The van der Waals surface area contributed by atoms with Crippen LogP contribution in [0.15, 0.2) is 41.0 Å². The lowest BCUT2D eigenvalue weighted by Crippen LogP contribution is -2.21. The summed E-state index contributed by atoms with van der Waals surface area (Å²) in [4.78, 5) is 4.59. The molecule has 0 saturated heterocycles. The topological polar surface area (TPSA) is 24.9 Å². The summed E-state index contributed by atoms with van der Waals surface area (Å²) in [7, 11) is 1.99. The van der Waals surface area contributed by atoms with Gasteiger partial charge in [0.1, 0.15) is 0 Å². The average Bonchev–Trinajstić information content (AvgIpc) is 2.39. The Morgan fingerprint density at radius 1 is 1.21 bits per heavy atom. The molecule has 0 aliphatic rings. The van der Waals surface area contributed by atoms with Crippen LogP contribution in [-0.2, 0) is 6.42 Å². The van der Waals surface area contributed by atoms with Gasteiger partial charge in [-0.05, 0) is 56.1 Å². The highest BCUT2D eigenvalue weighted by Crippen LogP contribution is 2.21. The van der Waals surface area contributed by atoms with Gasteiger partial charge in [0.15, 0.2) is 0 Å². The molecule has 100 valence electrons. The van der Waals surface area contributed by atoms with Crippen molar-refractivity contribution in [2.75, 3.05) is 7.05 Å². The second-order valence-electron chi connectivity index (χ2n) is 4.89. The third-order valence-electron chi connectivity index (χ3n) is 3.29. The first-order chi connectivity index (χ1) is 9.10. The minimum atomic E-state index is 0.252. The number of nitrogens with zero attached hydrogens (tertiary/aromatic N) is 1. The Labute approximate surface area is 123 Å². The number of hydrogen-bond donors (Lipinski definition) is 1. The van der Waals surface area contributed by atoms with Crippen molar-refractivity contribution in [3.05, 3.63) is 63.4 Å². The number of likely N-dealkylation sites (N-methyl/N-ethyl adjacent to an activating group) is 1. The van der Waals surface area contributed by atoms with Crippen LogP contribution in [0.4, 0.5) is 0 Å². The number of hydrogen-bond acceptors (Lipinski definition) is 2. The minimum Gasteiger partial charge on any atom is -0.311 e. The molecule has 0 amide bonds. The summed E-state index contributed by atoms with van der Waals surface area (Å²) in [6.07, 6.45) is 2.88. The highest BCUT2D eigenvalue weighted by molar-refractivity contribution is 9.10. The molecule has 3 heteroatoms. The molecule has 0 fully saturated rings. The van der Waals surface area contributed by atoms with E-state index < -0.39 is 0 Å². The number of nitrogens with one attached hydrogen (secondary N) is 1. The molecule has 2 rings (SSSR count). The summed E-state index contributed by atoms with van der Waals surface area (Å²) < 4.78 is 1.11. The van der Waals surface area contributed by atoms with Gasteiger partial charge in [0.25, 0.3) is 0 Å². The predicted molar refractivity (Wildman–Crippen MR) is 83.4 cm³/mol. The van der Waals surface area contributed by atoms with Crippen molar-refractivity contribution in [1.82, 2.24) is 10.3 Å². The zero-order valence-electron chi connectivity index (χ0n) is 11.6. The van der Waals surface area contributed by atoms with E-state index in [0.717, 1.165) is 16.6 Å². The maximum atomic E-state index is 4.59. The molecule has 1 aromatic heterocycles. The van der Waals surface area contributed by atoms with Crippen LogP contribution >= 0.6 is 15.9 Å². The van der Waals surface area contributed by atoms with E-state index in [1.807, 2.05) is 13.2 Å². The van der Waals surface area contributed by atoms with Gasteiger partial charge in [-0.2, -0.15) is 0 Å². The fourth-order valence-electron chi connectivity index (χ4n) is 2.28. The zero-order chi connectivity index (χ0) is 13.8. The molecular weight excluding hydrogens is 300 g/mol. The van der Waals surface area contributed by atoms with E-state index in [2.05, 4.69) is 70.4 Å². The van der Waals surface area contributed by atoms with Crippen LogP contribution in [0.25, 0.3) is 0 Å². The number of pyridine rings is 1. The standard InChI is InChI=1S/C16H19BrN2/c1-11-8-12(2)16(19-10-11)15(18-3)9-13-4-6-14(17)7-5-13/h4-8,10,15,18H,9H2,1-3H3. The van der Waals surface area contributed by atoms with Crippen molar-refractivity contribution in [1.29, 1.82) is 0 Å². The predicted octanol–water partition coefficient (Wildman–Crippen LogP) is 3.96. The minimum absolute atomic E-state index is 0.252. The molecule has 1 atom stereocenters. The monoisotopic (exact) mass is 318 g/mol. The van der Waals surface area contributed by atoms with Crippen LogP contribution < -0.4 is 5.32 Å². The largest absolute Gasteiger partial charge is 0.311 e. The van der Waals surface area contributed by atoms with E-state index in [4.69, 9.17) is 0 Å². The zero-order valence-corrected chi connectivity index (χ0v) is 13.2. The van der Waals surface area contributed by atoms with Crippen molar-refractivity contribution in [3.8, 4) is 0 Å². The highest BCUT2D eigenvalue weighted by atomic mass is 79.9. The van der Waals surface area contributed by atoms with Gasteiger partial charge in [-0.25, -0.2) is 0 Å². The Kier molecular flexibility index (Phi) is 4.72. The van der Waals surface area contributed by atoms with Gasteiger partial charge in [0, 0.05) is 10.7 Å². The quantitative estimate of drug-likeness (QED) is 0.922. The molecule has 0 aliphatic heterocycles. The molecule has 1 aromatic carbocycles. The molecule has 1 unspecified atom stereocenters. The Hall–Kier alpha value is -1.19. The number of halogens is 1. The fourth-order valence-corrected chi connectivity index (χ4v) is 2.55. The van der Waals surface area contributed by atoms with Crippen LogP contribution in [0.1, 0.15) is 28.4 Å². The van der Waals surface area contributed by atoms with Gasteiger partial charge in [-0.3, -0.25) is 4.98 Å². The molecule has 1 heterocycles. The summed E-state index contributed by atoms with van der Waals surface area (Å²) in [6, 6.07) is 10.9. The Bertz CT molecular complexity index is 549. The first-order valence-electron chi connectivity index (χ1n) is 6.45. The first-order valence-corrected chi connectivity index (χ1v) is 7.24. The SMILES string of the molecule is CNC(Cc1ccc(Br)cc1)c1ncc(C)cc1C. The Balaban J connectivity index is 2.22. The summed E-state index contributed by atoms with van der Waals surface area (Å²) >= 11 is 3.47. The molecule has 0 saturated carbocycles. The van der Waals surface area contributed by atoms with E-state index in [0.29, 0.717) is 0 Å². The van der Waals surface area contributed by atoms with Gasteiger partial charge in [-0.1, -0.05) is 34.1 Å². The van der Waals surface area contributed by atoms with Crippen molar-refractivity contribution < 1.29 is 0 Å². The lowest BCUT2D eigenvalue weighted by Gasteiger charge is -2.18. The number of aryl methyl sites for hydroxylation is 2. The van der Waals surface area contributed by atoms with E-state index in [9.17, 15) is 0 Å². The summed E-state index contributed by atoms with van der Waals surface area (Å²) in [5.74, 6) is 0. The Morgan fingerprint density at radius 2 is 1.89 bits per heavy atom. The summed E-state index contributed by atoms with van der Waals surface area (Å²) in [6.45, 7) is 4.20. The van der Waals surface area contributed by atoms with Crippen LogP contribution in [0.5, 0.6) is 0 Å². The van der Waals surface area contributed by atoms with Gasteiger partial charge in [0.05, 0.1) is 11.7 Å². The molecule has 2 nitrogen and oxygen atoms in total. The van der Waals surface area contributed by atoms with E-state index in [1.54, 1.807) is 0 Å². The molecule has 0 spiro atoms. The molecule has 0 radical (unpaired) electrons. The maximum Gasteiger partial charge on any atom is 0.0605 e. The molecule has 0 bridgehead atoms. The second kappa shape index (κ2) is 6.31. The normalized spacial score (nSPS) is 12.4. The van der Waals surface area contributed by atoms with E-state index in [1.165, 1.54) is 16.7 Å². The van der Waals surface area contributed by atoms with Crippen LogP contribution in [0.2, 0.25) is 0 Å².